The first-order valence-corrected chi connectivity index (χ1v) is 8.82. The van der Waals surface area contributed by atoms with Crippen LogP contribution in [0.3, 0.4) is 0 Å². The van der Waals surface area contributed by atoms with Crippen molar-refractivity contribution in [2.75, 3.05) is 0 Å². The van der Waals surface area contributed by atoms with Gasteiger partial charge in [0.25, 0.3) is 0 Å². The van der Waals surface area contributed by atoms with Crippen LogP contribution in [0.2, 0.25) is 0 Å². The van der Waals surface area contributed by atoms with Crippen molar-refractivity contribution in [3.8, 4) is 0 Å². The molecule has 3 aromatic rings. The summed E-state index contributed by atoms with van der Waals surface area (Å²) in [6, 6.07) is 5.11. The van der Waals surface area contributed by atoms with E-state index in [0.717, 1.165) is 37.0 Å². The molecule has 0 atom stereocenters. The summed E-state index contributed by atoms with van der Waals surface area (Å²) in [6.45, 7) is 1.75. The molecule has 0 saturated heterocycles. The van der Waals surface area contributed by atoms with E-state index in [2.05, 4.69) is 15.2 Å². The van der Waals surface area contributed by atoms with Crippen molar-refractivity contribution in [1.82, 2.24) is 24.5 Å². The maximum absolute atomic E-state index is 12.8. The van der Waals surface area contributed by atoms with E-state index in [0.29, 0.717) is 11.6 Å². The first-order chi connectivity index (χ1) is 13.2. The molecule has 0 unspecified atom stereocenters. The van der Waals surface area contributed by atoms with Crippen LogP contribution < -0.4 is 5.69 Å². The summed E-state index contributed by atoms with van der Waals surface area (Å²) < 4.78 is 46.4. The van der Waals surface area contributed by atoms with Crippen molar-refractivity contribution in [2.45, 2.75) is 44.3 Å². The Labute approximate surface area is 157 Å². The summed E-state index contributed by atoms with van der Waals surface area (Å²) in [5.41, 5.74) is -0.815. The van der Waals surface area contributed by atoms with E-state index in [1.807, 2.05) is 0 Å². The number of alkyl halides is 3. The van der Waals surface area contributed by atoms with Gasteiger partial charge in [0.1, 0.15) is 12.4 Å². The van der Waals surface area contributed by atoms with Gasteiger partial charge in [-0.3, -0.25) is 4.57 Å². The Hall–Kier alpha value is -2.91. The highest BCUT2D eigenvalue weighted by Gasteiger charge is 2.45. The summed E-state index contributed by atoms with van der Waals surface area (Å²) in [5, 5.41) is 8.19. The van der Waals surface area contributed by atoms with Crippen LogP contribution >= 0.6 is 0 Å². The lowest BCUT2D eigenvalue weighted by atomic mass is 9.64. The molecule has 1 aromatic carbocycles. The standard InChI is InChI=1S/C18H18F3N5O2/c1-11-23-26(16(27)25(11)2)10-14-22-15(24-28-14)17(8-3-9-17)12-4-6-13(7-5-12)18(19,20)21/h4-7H,3,8-10H2,1-2H3. The molecule has 1 aliphatic rings. The molecule has 0 aliphatic heterocycles. The fourth-order valence-electron chi connectivity index (χ4n) is 3.49. The lowest BCUT2D eigenvalue weighted by Gasteiger charge is -2.39. The smallest absolute Gasteiger partial charge is 0.337 e. The highest BCUT2D eigenvalue weighted by Crippen LogP contribution is 2.48. The minimum atomic E-state index is -4.38. The van der Waals surface area contributed by atoms with Crippen LogP contribution in [-0.2, 0) is 25.2 Å². The molecule has 1 saturated carbocycles. The van der Waals surface area contributed by atoms with Gasteiger partial charge in [-0.25, -0.2) is 9.48 Å². The SMILES string of the molecule is Cc1nn(Cc2nc(C3(c4ccc(C(F)(F)F)cc4)CCC3)no2)c(=O)n1C. The lowest BCUT2D eigenvalue weighted by molar-refractivity contribution is -0.137. The van der Waals surface area contributed by atoms with Gasteiger partial charge in [0, 0.05) is 7.05 Å². The molecule has 4 rings (SSSR count). The van der Waals surface area contributed by atoms with Crippen molar-refractivity contribution in [3.63, 3.8) is 0 Å². The van der Waals surface area contributed by atoms with Crippen molar-refractivity contribution in [1.29, 1.82) is 0 Å². The van der Waals surface area contributed by atoms with Crippen LogP contribution in [0.15, 0.2) is 33.6 Å². The first kappa shape index (κ1) is 18.5. The number of benzene rings is 1. The summed E-state index contributed by atoms with van der Waals surface area (Å²) in [7, 11) is 1.62. The largest absolute Gasteiger partial charge is 0.416 e. The molecule has 1 fully saturated rings. The summed E-state index contributed by atoms with van der Waals surface area (Å²) in [4.78, 5) is 16.5. The van der Waals surface area contributed by atoms with Crippen molar-refractivity contribution in [3.05, 3.63) is 63.4 Å². The number of hydrogen-bond acceptors (Lipinski definition) is 5. The number of hydrogen-bond donors (Lipinski definition) is 0. The van der Waals surface area contributed by atoms with E-state index in [9.17, 15) is 18.0 Å². The van der Waals surface area contributed by atoms with Crippen molar-refractivity contribution < 1.29 is 17.7 Å². The number of aryl methyl sites for hydroxylation is 1. The van der Waals surface area contributed by atoms with Gasteiger partial charge in [-0.05, 0) is 37.5 Å². The molecule has 2 heterocycles. The Morgan fingerprint density at radius 3 is 2.39 bits per heavy atom. The number of aromatic nitrogens is 5. The average molecular weight is 393 g/mol. The Kier molecular flexibility index (Phi) is 4.16. The van der Waals surface area contributed by atoms with Gasteiger partial charge in [0.2, 0.25) is 5.89 Å². The molecule has 7 nitrogen and oxygen atoms in total. The van der Waals surface area contributed by atoms with Crippen LogP contribution in [-0.4, -0.2) is 24.5 Å². The molecule has 1 aliphatic carbocycles. The molecule has 0 radical (unpaired) electrons. The third kappa shape index (κ3) is 2.92. The van der Waals surface area contributed by atoms with Crippen molar-refractivity contribution in [2.24, 2.45) is 7.05 Å². The lowest BCUT2D eigenvalue weighted by Crippen LogP contribution is -2.36. The van der Waals surface area contributed by atoms with Gasteiger partial charge >= 0.3 is 11.9 Å². The fraction of sp³-hybridized carbons (Fsp3) is 0.444. The van der Waals surface area contributed by atoms with Gasteiger partial charge in [0.15, 0.2) is 5.82 Å². The van der Waals surface area contributed by atoms with Crippen LogP contribution in [0.5, 0.6) is 0 Å². The zero-order valence-electron chi connectivity index (χ0n) is 15.3. The van der Waals surface area contributed by atoms with Crippen LogP contribution in [0.25, 0.3) is 0 Å². The minimum absolute atomic E-state index is 0.0383. The van der Waals surface area contributed by atoms with Crippen LogP contribution in [0, 0.1) is 6.92 Å². The van der Waals surface area contributed by atoms with Gasteiger partial charge in [-0.15, -0.1) is 0 Å². The number of nitrogens with zero attached hydrogens (tertiary/aromatic N) is 5. The van der Waals surface area contributed by atoms with Crippen LogP contribution in [0.1, 0.15) is 47.9 Å². The maximum atomic E-state index is 12.8. The molecule has 0 spiro atoms. The number of halogens is 3. The van der Waals surface area contributed by atoms with Gasteiger partial charge in [-0.1, -0.05) is 23.7 Å². The van der Waals surface area contributed by atoms with E-state index >= 15 is 0 Å². The van der Waals surface area contributed by atoms with E-state index in [4.69, 9.17) is 4.52 Å². The quantitative estimate of drug-likeness (QED) is 0.681. The predicted octanol–water partition coefficient (Wildman–Crippen LogP) is 2.81. The average Bonchev–Trinajstić information content (AvgIpc) is 3.15. The minimum Gasteiger partial charge on any atom is -0.337 e. The molecular formula is C18H18F3N5O2. The molecule has 0 amide bonds. The Morgan fingerprint density at radius 2 is 1.89 bits per heavy atom. The monoisotopic (exact) mass is 393 g/mol. The Bertz CT molecular complexity index is 1060. The van der Waals surface area contributed by atoms with Gasteiger partial charge < -0.3 is 4.52 Å². The topological polar surface area (TPSA) is 78.7 Å². The van der Waals surface area contributed by atoms with E-state index in [1.54, 1.807) is 14.0 Å². The molecular weight excluding hydrogens is 375 g/mol. The number of rotatable bonds is 4. The Morgan fingerprint density at radius 1 is 1.21 bits per heavy atom. The normalized spacial score (nSPS) is 16.2. The molecule has 10 heteroatoms. The molecule has 2 aromatic heterocycles. The molecule has 0 bridgehead atoms. The van der Waals surface area contributed by atoms with Crippen molar-refractivity contribution >= 4 is 0 Å². The molecule has 28 heavy (non-hydrogen) atoms. The Balaban J connectivity index is 1.62. The van der Waals surface area contributed by atoms with Gasteiger partial charge in [-0.2, -0.15) is 23.3 Å². The highest BCUT2D eigenvalue weighted by molar-refractivity contribution is 5.37. The van der Waals surface area contributed by atoms with E-state index in [-0.39, 0.29) is 18.1 Å². The van der Waals surface area contributed by atoms with E-state index < -0.39 is 17.2 Å². The summed E-state index contributed by atoms with van der Waals surface area (Å²) in [5.74, 6) is 1.22. The molecule has 148 valence electrons. The first-order valence-electron chi connectivity index (χ1n) is 8.82. The zero-order valence-corrected chi connectivity index (χ0v) is 15.3. The molecule has 0 N–H and O–H groups in total. The fourth-order valence-corrected chi connectivity index (χ4v) is 3.49. The third-order valence-corrected chi connectivity index (χ3v) is 5.41. The second-order valence-electron chi connectivity index (χ2n) is 7.07. The van der Waals surface area contributed by atoms with Gasteiger partial charge in [0.05, 0.1) is 11.0 Å². The predicted molar refractivity (Wildman–Crippen MR) is 91.7 cm³/mol. The second kappa shape index (κ2) is 6.32. The second-order valence-corrected chi connectivity index (χ2v) is 7.07. The summed E-state index contributed by atoms with van der Waals surface area (Å²) in [6.07, 6.45) is -2.01. The summed E-state index contributed by atoms with van der Waals surface area (Å²) >= 11 is 0. The van der Waals surface area contributed by atoms with E-state index in [1.165, 1.54) is 21.4 Å². The highest BCUT2D eigenvalue weighted by atomic mass is 19.4. The zero-order chi connectivity index (χ0) is 20.1. The third-order valence-electron chi connectivity index (χ3n) is 5.41. The van der Waals surface area contributed by atoms with Crippen LogP contribution in [0.4, 0.5) is 13.2 Å². The maximum Gasteiger partial charge on any atom is 0.416 e.